The third-order valence-corrected chi connectivity index (χ3v) is 2.61. The van der Waals surface area contributed by atoms with E-state index < -0.39 is 23.3 Å². The summed E-state index contributed by atoms with van der Waals surface area (Å²) in [5.74, 6) is -1.25. The Morgan fingerprint density at radius 2 is 1.71 bits per heavy atom. The van der Waals surface area contributed by atoms with Crippen LogP contribution in [0.15, 0.2) is 36.4 Å². The van der Waals surface area contributed by atoms with Crippen molar-refractivity contribution in [1.29, 1.82) is 5.26 Å². The van der Waals surface area contributed by atoms with Crippen molar-refractivity contribution < 1.29 is 22.3 Å². The molecular formula is C14H8F4N2O. The van der Waals surface area contributed by atoms with Crippen LogP contribution in [0.3, 0.4) is 0 Å². The number of nitrogens with zero attached hydrogens (tertiary/aromatic N) is 1. The molecule has 0 aliphatic rings. The van der Waals surface area contributed by atoms with Crippen LogP contribution in [0.2, 0.25) is 0 Å². The summed E-state index contributed by atoms with van der Waals surface area (Å²) in [4.78, 5) is 0. The number of halogens is 4. The number of nitriles is 1. The highest BCUT2D eigenvalue weighted by Gasteiger charge is 2.35. The summed E-state index contributed by atoms with van der Waals surface area (Å²) in [5, 5.41) is 8.66. The molecule has 2 rings (SSSR count). The minimum atomic E-state index is -4.70. The summed E-state index contributed by atoms with van der Waals surface area (Å²) >= 11 is 0. The van der Waals surface area contributed by atoms with Gasteiger partial charge in [0.15, 0.2) is 5.75 Å². The second-order valence-electron chi connectivity index (χ2n) is 4.10. The number of hydrogen-bond donors (Lipinski definition) is 1. The van der Waals surface area contributed by atoms with Crippen LogP contribution in [0.5, 0.6) is 11.5 Å². The van der Waals surface area contributed by atoms with Crippen LogP contribution in [0.1, 0.15) is 11.1 Å². The van der Waals surface area contributed by atoms with E-state index in [1.54, 1.807) is 6.07 Å². The molecule has 0 radical (unpaired) electrons. The van der Waals surface area contributed by atoms with Gasteiger partial charge in [-0.3, -0.25) is 0 Å². The van der Waals surface area contributed by atoms with Gasteiger partial charge in [0, 0.05) is 6.07 Å². The third-order valence-electron chi connectivity index (χ3n) is 2.61. The standard InChI is InChI=1S/C14H8F4N2O/c15-9-2-4-13(11(20)6-9)21-12-3-1-8(7-19)5-10(12)14(16,17)18/h1-6H,20H2. The molecule has 0 unspecified atom stereocenters. The number of nitrogen functional groups attached to an aromatic ring is 1. The van der Waals surface area contributed by atoms with Gasteiger partial charge in [0.05, 0.1) is 22.9 Å². The van der Waals surface area contributed by atoms with Gasteiger partial charge in [-0.15, -0.1) is 0 Å². The van der Waals surface area contributed by atoms with Crippen molar-refractivity contribution in [3.63, 3.8) is 0 Å². The van der Waals surface area contributed by atoms with Crippen molar-refractivity contribution >= 4 is 5.69 Å². The van der Waals surface area contributed by atoms with Crippen molar-refractivity contribution in [2.45, 2.75) is 6.18 Å². The fourth-order valence-corrected chi connectivity index (χ4v) is 1.64. The molecule has 0 bridgehead atoms. The summed E-state index contributed by atoms with van der Waals surface area (Å²) < 4.78 is 56.9. The second-order valence-corrected chi connectivity index (χ2v) is 4.10. The fourth-order valence-electron chi connectivity index (χ4n) is 1.64. The molecule has 2 aromatic rings. The Morgan fingerprint density at radius 1 is 1.05 bits per heavy atom. The molecule has 0 saturated heterocycles. The van der Waals surface area contributed by atoms with Crippen molar-refractivity contribution in [2.24, 2.45) is 0 Å². The number of anilines is 1. The van der Waals surface area contributed by atoms with Gasteiger partial charge in [-0.05, 0) is 30.3 Å². The van der Waals surface area contributed by atoms with Crippen LogP contribution in [-0.2, 0) is 6.18 Å². The lowest BCUT2D eigenvalue weighted by Gasteiger charge is -2.15. The topological polar surface area (TPSA) is 59.0 Å². The highest BCUT2D eigenvalue weighted by molar-refractivity contribution is 5.55. The van der Waals surface area contributed by atoms with Crippen LogP contribution in [0.4, 0.5) is 23.2 Å². The van der Waals surface area contributed by atoms with E-state index in [0.717, 1.165) is 24.3 Å². The molecule has 21 heavy (non-hydrogen) atoms. The number of alkyl halides is 3. The predicted octanol–water partition coefficient (Wildman–Crippen LogP) is 4.09. The highest BCUT2D eigenvalue weighted by Crippen LogP contribution is 2.39. The van der Waals surface area contributed by atoms with Crippen LogP contribution in [0.25, 0.3) is 0 Å². The summed E-state index contributed by atoms with van der Waals surface area (Å²) in [6.07, 6.45) is -4.70. The van der Waals surface area contributed by atoms with E-state index in [0.29, 0.717) is 6.07 Å². The number of hydrogen-bond acceptors (Lipinski definition) is 3. The third kappa shape index (κ3) is 3.23. The van der Waals surface area contributed by atoms with Crippen molar-refractivity contribution in [1.82, 2.24) is 0 Å². The lowest BCUT2D eigenvalue weighted by Crippen LogP contribution is -2.08. The Labute approximate surface area is 117 Å². The number of nitrogens with two attached hydrogens (primary N) is 1. The Morgan fingerprint density at radius 3 is 2.29 bits per heavy atom. The van der Waals surface area contributed by atoms with E-state index in [2.05, 4.69) is 0 Å². The first-order valence-electron chi connectivity index (χ1n) is 5.65. The Hall–Kier alpha value is -2.75. The molecule has 3 nitrogen and oxygen atoms in total. The molecule has 0 saturated carbocycles. The van der Waals surface area contributed by atoms with Crippen LogP contribution in [-0.4, -0.2) is 0 Å². The molecule has 0 fully saturated rings. The second kappa shape index (κ2) is 5.32. The van der Waals surface area contributed by atoms with E-state index in [4.69, 9.17) is 15.7 Å². The molecule has 2 aromatic carbocycles. The quantitative estimate of drug-likeness (QED) is 0.670. The maximum atomic E-state index is 13.0. The van der Waals surface area contributed by atoms with Crippen molar-refractivity contribution in [3.05, 3.63) is 53.3 Å². The largest absolute Gasteiger partial charge is 0.455 e. The molecule has 0 aliphatic carbocycles. The van der Waals surface area contributed by atoms with Gasteiger partial charge < -0.3 is 10.5 Å². The van der Waals surface area contributed by atoms with Crippen LogP contribution < -0.4 is 10.5 Å². The lowest BCUT2D eigenvalue weighted by atomic mass is 10.1. The van der Waals surface area contributed by atoms with Crippen LogP contribution in [0, 0.1) is 17.1 Å². The Kier molecular flexibility index (Phi) is 3.72. The highest BCUT2D eigenvalue weighted by atomic mass is 19.4. The zero-order valence-corrected chi connectivity index (χ0v) is 10.4. The molecule has 7 heteroatoms. The van der Waals surface area contributed by atoms with Gasteiger partial charge in [0.2, 0.25) is 0 Å². The van der Waals surface area contributed by atoms with E-state index in [9.17, 15) is 17.6 Å². The summed E-state index contributed by atoms with van der Waals surface area (Å²) in [5.41, 5.74) is 4.10. The molecule has 0 aromatic heterocycles. The smallest absolute Gasteiger partial charge is 0.420 e. The van der Waals surface area contributed by atoms with E-state index in [1.165, 1.54) is 6.07 Å². The first-order valence-corrected chi connectivity index (χ1v) is 5.65. The van der Waals surface area contributed by atoms with Crippen molar-refractivity contribution in [3.8, 4) is 17.6 Å². The average Bonchev–Trinajstić information content (AvgIpc) is 2.41. The lowest BCUT2D eigenvalue weighted by molar-refractivity contribution is -0.138. The molecule has 0 atom stereocenters. The Balaban J connectivity index is 2.47. The minimum Gasteiger partial charge on any atom is -0.455 e. The molecule has 0 heterocycles. The molecular weight excluding hydrogens is 288 g/mol. The molecule has 2 N–H and O–H groups in total. The average molecular weight is 296 g/mol. The Bertz CT molecular complexity index is 720. The normalized spacial score (nSPS) is 11.0. The van der Waals surface area contributed by atoms with Gasteiger partial charge in [-0.25, -0.2) is 4.39 Å². The maximum Gasteiger partial charge on any atom is 0.420 e. The monoisotopic (exact) mass is 296 g/mol. The maximum absolute atomic E-state index is 13.0. The summed E-state index contributed by atoms with van der Waals surface area (Å²) in [7, 11) is 0. The summed E-state index contributed by atoms with van der Waals surface area (Å²) in [6.45, 7) is 0. The predicted molar refractivity (Wildman–Crippen MR) is 67.0 cm³/mol. The van der Waals surface area contributed by atoms with Gasteiger partial charge in [0.25, 0.3) is 0 Å². The van der Waals surface area contributed by atoms with E-state index in [1.807, 2.05) is 0 Å². The number of rotatable bonds is 2. The SMILES string of the molecule is N#Cc1ccc(Oc2ccc(F)cc2N)c(C(F)(F)F)c1. The van der Waals surface area contributed by atoms with E-state index >= 15 is 0 Å². The van der Waals surface area contributed by atoms with E-state index in [-0.39, 0.29) is 17.0 Å². The molecule has 0 spiro atoms. The van der Waals surface area contributed by atoms with Gasteiger partial charge in [0.1, 0.15) is 11.6 Å². The summed E-state index contributed by atoms with van der Waals surface area (Å²) in [6, 6.07) is 7.58. The first-order chi connectivity index (χ1) is 9.81. The number of benzene rings is 2. The zero-order valence-electron chi connectivity index (χ0n) is 10.4. The molecule has 108 valence electrons. The fraction of sp³-hybridized carbons (Fsp3) is 0.0714. The zero-order chi connectivity index (χ0) is 15.6. The van der Waals surface area contributed by atoms with Crippen LogP contribution >= 0.6 is 0 Å². The van der Waals surface area contributed by atoms with Gasteiger partial charge >= 0.3 is 6.18 Å². The first kappa shape index (κ1) is 14.7. The van der Waals surface area contributed by atoms with Gasteiger partial charge in [-0.1, -0.05) is 0 Å². The van der Waals surface area contributed by atoms with Gasteiger partial charge in [-0.2, -0.15) is 18.4 Å². The molecule has 0 amide bonds. The molecule has 0 aliphatic heterocycles. The minimum absolute atomic E-state index is 0.105. The van der Waals surface area contributed by atoms with Crippen molar-refractivity contribution in [2.75, 3.05) is 5.73 Å². The number of ether oxygens (including phenoxy) is 1.